The second kappa shape index (κ2) is 6.64. The number of hydrogen-bond acceptors (Lipinski definition) is 2. The molecule has 3 rings (SSSR count). The van der Waals surface area contributed by atoms with Crippen LogP contribution in [0.5, 0.6) is 0 Å². The Labute approximate surface area is 140 Å². The number of carbonyl (C=O) groups excluding carboxylic acids is 1. The van der Waals surface area contributed by atoms with Crippen LogP contribution in [0.25, 0.3) is 0 Å². The highest BCUT2D eigenvalue weighted by Crippen LogP contribution is 2.58. The zero-order valence-electron chi connectivity index (χ0n) is 14.7. The zero-order chi connectivity index (χ0) is 16.4. The average molecular weight is 314 g/mol. The first-order valence-electron chi connectivity index (χ1n) is 9.10. The van der Waals surface area contributed by atoms with E-state index in [-0.39, 0.29) is 17.9 Å². The van der Waals surface area contributed by atoms with Crippen molar-refractivity contribution < 1.29 is 4.79 Å². The predicted octanol–water partition coefficient (Wildman–Crippen LogP) is 3.45. The van der Waals surface area contributed by atoms with Crippen molar-refractivity contribution in [3.05, 3.63) is 35.4 Å². The van der Waals surface area contributed by atoms with E-state index in [1.165, 1.54) is 11.1 Å². The number of amides is 1. The number of rotatable bonds is 5. The topological polar surface area (TPSA) is 41.1 Å². The number of nitrogens with one attached hydrogen (secondary N) is 2. The summed E-state index contributed by atoms with van der Waals surface area (Å²) in [4.78, 5) is 12.5. The van der Waals surface area contributed by atoms with Crippen LogP contribution in [-0.4, -0.2) is 19.0 Å². The van der Waals surface area contributed by atoms with E-state index in [4.69, 9.17) is 0 Å². The Bertz CT molecular complexity index is 543. The summed E-state index contributed by atoms with van der Waals surface area (Å²) < 4.78 is 0. The molecule has 0 bridgehead atoms. The van der Waals surface area contributed by atoms with Gasteiger partial charge in [-0.15, -0.1) is 0 Å². The van der Waals surface area contributed by atoms with Crippen LogP contribution >= 0.6 is 0 Å². The van der Waals surface area contributed by atoms with Gasteiger partial charge >= 0.3 is 0 Å². The van der Waals surface area contributed by atoms with Gasteiger partial charge in [-0.1, -0.05) is 38.1 Å². The van der Waals surface area contributed by atoms with Gasteiger partial charge in [-0.3, -0.25) is 4.79 Å². The van der Waals surface area contributed by atoms with E-state index in [0.29, 0.717) is 11.3 Å². The normalized spacial score (nSPS) is 23.7. The highest BCUT2D eigenvalue weighted by molar-refractivity contribution is 5.83. The molecule has 1 aliphatic carbocycles. The second-order valence-electron chi connectivity index (χ2n) is 7.94. The SMILES string of the molecule is CC(C)Cc1ccc(C(C)NC(=O)C2CC23CCNCC3)cc1. The summed E-state index contributed by atoms with van der Waals surface area (Å²) >= 11 is 0. The van der Waals surface area contributed by atoms with Gasteiger partial charge in [0.2, 0.25) is 5.91 Å². The quantitative estimate of drug-likeness (QED) is 0.874. The molecule has 3 heteroatoms. The lowest BCUT2D eigenvalue weighted by Crippen LogP contribution is -2.34. The molecule has 2 atom stereocenters. The van der Waals surface area contributed by atoms with Crippen LogP contribution in [-0.2, 0) is 11.2 Å². The van der Waals surface area contributed by atoms with Crippen molar-refractivity contribution >= 4 is 5.91 Å². The van der Waals surface area contributed by atoms with Gasteiger partial charge in [-0.05, 0) is 68.2 Å². The summed E-state index contributed by atoms with van der Waals surface area (Å²) in [5.41, 5.74) is 2.89. The number of benzene rings is 1. The first-order valence-corrected chi connectivity index (χ1v) is 9.10. The predicted molar refractivity (Wildman–Crippen MR) is 94.2 cm³/mol. The van der Waals surface area contributed by atoms with E-state index >= 15 is 0 Å². The molecule has 2 fully saturated rings. The Morgan fingerprint density at radius 2 is 1.87 bits per heavy atom. The lowest BCUT2D eigenvalue weighted by atomic mass is 9.91. The van der Waals surface area contributed by atoms with Crippen LogP contribution in [0.2, 0.25) is 0 Å². The number of carbonyl (C=O) groups is 1. The summed E-state index contributed by atoms with van der Waals surface area (Å²) in [5, 5.41) is 6.62. The van der Waals surface area contributed by atoms with Crippen LogP contribution in [0.1, 0.15) is 57.2 Å². The molecular weight excluding hydrogens is 284 g/mol. The Hall–Kier alpha value is -1.35. The smallest absolute Gasteiger partial charge is 0.224 e. The molecule has 126 valence electrons. The van der Waals surface area contributed by atoms with Crippen molar-refractivity contribution in [1.82, 2.24) is 10.6 Å². The highest BCUT2D eigenvalue weighted by Gasteiger charge is 2.57. The van der Waals surface area contributed by atoms with Gasteiger partial charge in [-0.25, -0.2) is 0 Å². The fourth-order valence-corrected chi connectivity index (χ4v) is 4.01. The average Bonchev–Trinajstić information content (AvgIpc) is 3.21. The lowest BCUT2D eigenvalue weighted by Gasteiger charge is -2.24. The van der Waals surface area contributed by atoms with Crippen molar-refractivity contribution in [2.75, 3.05) is 13.1 Å². The summed E-state index contributed by atoms with van der Waals surface area (Å²) in [6.45, 7) is 8.70. The number of hydrogen-bond donors (Lipinski definition) is 2. The standard InChI is InChI=1S/C20H30N2O/c1-14(2)12-16-4-6-17(7-5-16)15(3)22-19(23)18-13-20(18)8-10-21-11-9-20/h4-7,14-15,18,21H,8-13H2,1-3H3,(H,22,23). The van der Waals surface area contributed by atoms with E-state index < -0.39 is 0 Å². The third-order valence-electron chi connectivity index (χ3n) is 5.59. The minimum absolute atomic E-state index is 0.0926. The van der Waals surface area contributed by atoms with E-state index in [2.05, 4.69) is 55.7 Å². The van der Waals surface area contributed by atoms with Crippen LogP contribution < -0.4 is 10.6 Å². The summed E-state index contributed by atoms with van der Waals surface area (Å²) in [7, 11) is 0. The Morgan fingerprint density at radius 1 is 1.22 bits per heavy atom. The fourth-order valence-electron chi connectivity index (χ4n) is 4.01. The zero-order valence-corrected chi connectivity index (χ0v) is 14.7. The van der Waals surface area contributed by atoms with Gasteiger partial charge in [0.15, 0.2) is 0 Å². The molecule has 2 N–H and O–H groups in total. The Morgan fingerprint density at radius 3 is 2.48 bits per heavy atom. The molecule has 2 aliphatic rings. The molecule has 1 spiro atoms. The van der Waals surface area contributed by atoms with Gasteiger partial charge in [0, 0.05) is 5.92 Å². The Balaban J connectivity index is 1.54. The van der Waals surface area contributed by atoms with Crippen LogP contribution in [0.3, 0.4) is 0 Å². The summed E-state index contributed by atoms with van der Waals surface area (Å²) in [5.74, 6) is 1.17. The largest absolute Gasteiger partial charge is 0.349 e. The third-order valence-corrected chi connectivity index (χ3v) is 5.59. The molecule has 3 nitrogen and oxygen atoms in total. The maximum absolute atomic E-state index is 12.5. The maximum atomic E-state index is 12.5. The molecule has 1 aromatic carbocycles. The van der Waals surface area contributed by atoms with Crippen molar-refractivity contribution in [2.45, 2.75) is 52.5 Å². The lowest BCUT2D eigenvalue weighted by molar-refractivity contribution is -0.123. The van der Waals surface area contributed by atoms with Crippen molar-refractivity contribution in [1.29, 1.82) is 0 Å². The Kier molecular flexibility index (Phi) is 4.77. The van der Waals surface area contributed by atoms with Gasteiger partial charge < -0.3 is 10.6 Å². The molecule has 23 heavy (non-hydrogen) atoms. The van der Waals surface area contributed by atoms with Crippen LogP contribution in [0.15, 0.2) is 24.3 Å². The molecule has 1 saturated heterocycles. The van der Waals surface area contributed by atoms with E-state index in [9.17, 15) is 4.79 Å². The van der Waals surface area contributed by atoms with Crippen molar-refractivity contribution in [2.24, 2.45) is 17.3 Å². The van der Waals surface area contributed by atoms with E-state index in [0.717, 1.165) is 38.8 Å². The summed E-state index contributed by atoms with van der Waals surface area (Å²) in [6.07, 6.45) is 4.51. The summed E-state index contributed by atoms with van der Waals surface area (Å²) in [6, 6.07) is 8.81. The van der Waals surface area contributed by atoms with Crippen LogP contribution in [0.4, 0.5) is 0 Å². The molecule has 1 aromatic rings. The van der Waals surface area contributed by atoms with Gasteiger partial charge in [0.1, 0.15) is 0 Å². The first kappa shape index (κ1) is 16.5. The fraction of sp³-hybridized carbons (Fsp3) is 0.650. The molecule has 2 unspecified atom stereocenters. The number of piperidine rings is 1. The monoisotopic (exact) mass is 314 g/mol. The first-order chi connectivity index (χ1) is 11.0. The van der Waals surface area contributed by atoms with E-state index in [1.807, 2.05) is 0 Å². The minimum Gasteiger partial charge on any atom is -0.349 e. The molecule has 1 amide bonds. The molecular formula is C20H30N2O. The minimum atomic E-state index is 0.0926. The maximum Gasteiger partial charge on any atom is 0.224 e. The van der Waals surface area contributed by atoms with Crippen molar-refractivity contribution in [3.8, 4) is 0 Å². The molecule has 1 saturated carbocycles. The molecule has 1 heterocycles. The van der Waals surface area contributed by atoms with E-state index in [1.54, 1.807) is 0 Å². The van der Waals surface area contributed by atoms with Gasteiger partial charge in [0.25, 0.3) is 0 Å². The highest BCUT2D eigenvalue weighted by atomic mass is 16.2. The molecule has 0 aromatic heterocycles. The molecule has 0 radical (unpaired) electrons. The van der Waals surface area contributed by atoms with Crippen LogP contribution in [0, 0.1) is 17.3 Å². The molecule has 1 aliphatic heterocycles. The van der Waals surface area contributed by atoms with Gasteiger partial charge in [-0.2, -0.15) is 0 Å². The van der Waals surface area contributed by atoms with Gasteiger partial charge in [0.05, 0.1) is 6.04 Å². The second-order valence-corrected chi connectivity index (χ2v) is 7.94. The third kappa shape index (κ3) is 3.77. The van der Waals surface area contributed by atoms with Crippen molar-refractivity contribution in [3.63, 3.8) is 0 Å².